The summed E-state index contributed by atoms with van der Waals surface area (Å²) in [6.07, 6.45) is 0. The molecule has 1 atom stereocenters. The number of benzene rings is 1. The van der Waals surface area contributed by atoms with E-state index in [4.69, 9.17) is 5.73 Å². The second-order valence-electron chi connectivity index (χ2n) is 4.17. The zero-order valence-electron chi connectivity index (χ0n) is 9.33. The Morgan fingerprint density at radius 1 is 1.27 bits per heavy atom. The summed E-state index contributed by atoms with van der Waals surface area (Å²) in [5.41, 5.74) is 6.96. The number of hydrogen-bond donors (Lipinski definition) is 2. The third-order valence-electron chi connectivity index (χ3n) is 2.48. The van der Waals surface area contributed by atoms with E-state index in [1.165, 1.54) is 12.1 Å². The van der Waals surface area contributed by atoms with Crippen molar-refractivity contribution in [2.45, 2.75) is 26.4 Å². The fourth-order valence-electron chi connectivity index (χ4n) is 1.22. The Bertz CT molecular complexity index is 282. The largest absolute Gasteiger partial charge is 0.326 e. The van der Waals surface area contributed by atoms with Crippen molar-refractivity contribution < 1.29 is 4.39 Å². The SMILES string of the molecule is CC(C)C(N)CNCc1ccc(F)cc1. The maximum Gasteiger partial charge on any atom is 0.123 e. The van der Waals surface area contributed by atoms with Crippen molar-refractivity contribution in [3.8, 4) is 0 Å². The smallest absolute Gasteiger partial charge is 0.123 e. The molecule has 0 aliphatic rings. The minimum atomic E-state index is -0.197. The van der Waals surface area contributed by atoms with Crippen LogP contribution in [-0.4, -0.2) is 12.6 Å². The normalized spacial score (nSPS) is 13.1. The molecule has 0 saturated heterocycles. The molecule has 0 aliphatic carbocycles. The Morgan fingerprint density at radius 2 is 1.87 bits per heavy atom. The Kier molecular flexibility index (Phi) is 4.72. The van der Waals surface area contributed by atoms with Crippen molar-refractivity contribution >= 4 is 0 Å². The highest BCUT2D eigenvalue weighted by Gasteiger charge is 2.05. The van der Waals surface area contributed by atoms with Crippen LogP contribution in [0.5, 0.6) is 0 Å². The molecule has 0 bridgehead atoms. The lowest BCUT2D eigenvalue weighted by Crippen LogP contribution is -2.37. The van der Waals surface area contributed by atoms with E-state index < -0.39 is 0 Å². The average molecular weight is 210 g/mol. The third-order valence-corrected chi connectivity index (χ3v) is 2.48. The number of nitrogens with two attached hydrogens (primary N) is 1. The predicted molar refractivity (Wildman–Crippen MR) is 60.9 cm³/mol. The monoisotopic (exact) mass is 210 g/mol. The highest BCUT2D eigenvalue weighted by molar-refractivity contribution is 5.15. The van der Waals surface area contributed by atoms with Gasteiger partial charge in [0.05, 0.1) is 0 Å². The first-order valence-corrected chi connectivity index (χ1v) is 5.30. The van der Waals surface area contributed by atoms with Gasteiger partial charge < -0.3 is 11.1 Å². The standard InChI is InChI=1S/C12H19FN2/c1-9(2)12(14)8-15-7-10-3-5-11(13)6-4-10/h3-6,9,12,15H,7-8,14H2,1-2H3. The fourth-order valence-corrected chi connectivity index (χ4v) is 1.22. The summed E-state index contributed by atoms with van der Waals surface area (Å²) >= 11 is 0. The number of halogens is 1. The van der Waals surface area contributed by atoms with Gasteiger partial charge in [0.15, 0.2) is 0 Å². The quantitative estimate of drug-likeness (QED) is 0.779. The molecule has 0 heterocycles. The summed E-state index contributed by atoms with van der Waals surface area (Å²) in [6.45, 7) is 5.73. The molecule has 0 radical (unpaired) electrons. The molecule has 1 aromatic carbocycles. The van der Waals surface area contributed by atoms with E-state index in [-0.39, 0.29) is 11.9 Å². The van der Waals surface area contributed by atoms with Crippen LogP contribution in [0.25, 0.3) is 0 Å². The minimum Gasteiger partial charge on any atom is -0.326 e. The third kappa shape index (κ3) is 4.40. The first kappa shape index (κ1) is 12.1. The van der Waals surface area contributed by atoms with E-state index in [1.54, 1.807) is 12.1 Å². The number of nitrogens with one attached hydrogen (secondary N) is 1. The van der Waals surface area contributed by atoms with Crippen LogP contribution in [-0.2, 0) is 6.54 Å². The van der Waals surface area contributed by atoms with Crippen LogP contribution in [0.4, 0.5) is 4.39 Å². The summed E-state index contributed by atoms with van der Waals surface area (Å²) in [5.74, 6) is 0.281. The Balaban J connectivity index is 2.29. The van der Waals surface area contributed by atoms with Gasteiger partial charge in [0, 0.05) is 19.1 Å². The van der Waals surface area contributed by atoms with Crippen molar-refractivity contribution in [2.75, 3.05) is 6.54 Å². The van der Waals surface area contributed by atoms with Crippen LogP contribution in [0.15, 0.2) is 24.3 Å². The average Bonchev–Trinajstić information content (AvgIpc) is 2.20. The van der Waals surface area contributed by atoms with Crippen molar-refractivity contribution in [1.82, 2.24) is 5.32 Å². The van der Waals surface area contributed by atoms with Gasteiger partial charge in [-0.1, -0.05) is 26.0 Å². The molecule has 1 aromatic rings. The topological polar surface area (TPSA) is 38.0 Å². The number of rotatable bonds is 5. The van der Waals surface area contributed by atoms with Crippen molar-refractivity contribution in [1.29, 1.82) is 0 Å². The van der Waals surface area contributed by atoms with Crippen LogP contribution in [0.3, 0.4) is 0 Å². The van der Waals surface area contributed by atoms with Crippen LogP contribution >= 0.6 is 0 Å². The second-order valence-corrected chi connectivity index (χ2v) is 4.17. The number of hydrogen-bond acceptors (Lipinski definition) is 2. The summed E-state index contributed by atoms with van der Waals surface area (Å²) < 4.78 is 12.6. The van der Waals surface area contributed by atoms with Gasteiger partial charge in [0.25, 0.3) is 0 Å². The lowest BCUT2D eigenvalue weighted by molar-refractivity contribution is 0.458. The van der Waals surface area contributed by atoms with Crippen LogP contribution in [0.1, 0.15) is 19.4 Å². The Hall–Kier alpha value is -0.930. The molecule has 2 nitrogen and oxygen atoms in total. The molecular weight excluding hydrogens is 191 g/mol. The van der Waals surface area contributed by atoms with Gasteiger partial charge in [0.1, 0.15) is 5.82 Å². The van der Waals surface area contributed by atoms with Gasteiger partial charge in [0.2, 0.25) is 0 Å². The lowest BCUT2D eigenvalue weighted by Gasteiger charge is -2.16. The highest BCUT2D eigenvalue weighted by atomic mass is 19.1. The van der Waals surface area contributed by atoms with Gasteiger partial charge in [-0.3, -0.25) is 0 Å². The molecule has 0 aromatic heterocycles. The van der Waals surface area contributed by atoms with Gasteiger partial charge in [-0.2, -0.15) is 0 Å². The molecule has 1 unspecified atom stereocenters. The molecule has 0 spiro atoms. The second kappa shape index (κ2) is 5.83. The van der Waals surface area contributed by atoms with E-state index in [9.17, 15) is 4.39 Å². The summed E-state index contributed by atoms with van der Waals surface area (Å²) in [4.78, 5) is 0. The Morgan fingerprint density at radius 3 is 2.40 bits per heavy atom. The highest BCUT2D eigenvalue weighted by Crippen LogP contribution is 2.02. The van der Waals surface area contributed by atoms with Gasteiger partial charge >= 0.3 is 0 Å². The van der Waals surface area contributed by atoms with Gasteiger partial charge in [-0.15, -0.1) is 0 Å². The zero-order chi connectivity index (χ0) is 11.3. The molecule has 15 heavy (non-hydrogen) atoms. The molecule has 3 heteroatoms. The first-order valence-electron chi connectivity index (χ1n) is 5.30. The molecule has 0 fully saturated rings. The molecule has 84 valence electrons. The zero-order valence-corrected chi connectivity index (χ0v) is 9.33. The molecule has 0 saturated carbocycles. The van der Waals surface area contributed by atoms with E-state index in [1.807, 2.05) is 0 Å². The maximum atomic E-state index is 12.6. The molecular formula is C12H19FN2. The van der Waals surface area contributed by atoms with E-state index in [2.05, 4.69) is 19.2 Å². The molecule has 3 N–H and O–H groups in total. The minimum absolute atomic E-state index is 0.172. The fraction of sp³-hybridized carbons (Fsp3) is 0.500. The first-order chi connectivity index (χ1) is 7.09. The molecule has 0 aliphatic heterocycles. The van der Waals surface area contributed by atoms with E-state index in [0.717, 1.165) is 18.7 Å². The van der Waals surface area contributed by atoms with Crippen molar-refractivity contribution in [3.63, 3.8) is 0 Å². The van der Waals surface area contributed by atoms with E-state index >= 15 is 0 Å². The van der Waals surface area contributed by atoms with Crippen LogP contribution in [0.2, 0.25) is 0 Å². The van der Waals surface area contributed by atoms with Gasteiger partial charge in [-0.25, -0.2) is 4.39 Å². The van der Waals surface area contributed by atoms with Crippen molar-refractivity contribution in [3.05, 3.63) is 35.6 Å². The molecule has 1 rings (SSSR count). The van der Waals surface area contributed by atoms with Gasteiger partial charge in [-0.05, 0) is 23.6 Å². The van der Waals surface area contributed by atoms with Crippen LogP contribution in [0, 0.1) is 11.7 Å². The Labute approximate surface area is 90.7 Å². The predicted octanol–water partition coefficient (Wildman–Crippen LogP) is 1.90. The lowest BCUT2D eigenvalue weighted by atomic mass is 10.1. The molecule has 0 amide bonds. The summed E-state index contributed by atoms with van der Waals surface area (Å²) in [6, 6.07) is 6.68. The summed E-state index contributed by atoms with van der Waals surface area (Å²) in [7, 11) is 0. The summed E-state index contributed by atoms with van der Waals surface area (Å²) in [5, 5.41) is 3.25. The van der Waals surface area contributed by atoms with Crippen molar-refractivity contribution in [2.24, 2.45) is 11.7 Å². The maximum absolute atomic E-state index is 12.6. The van der Waals surface area contributed by atoms with Crippen LogP contribution < -0.4 is 11.1 Å². The van der Waals surface area contributed by atoms with E-state index in [0.29, 0.717) is 5.92 Å².